The molecule has 0 unspecified atom stereocenters. The molecule has 0 radical (unpaired) electrons. The fourth-order valence-corrected chi connectivity index (χ4v) is 2.65. The fourth-order valence-electron chi connectivity index (χ4n) is 1.52. The maximum absolute atomic E-state index is 5.74. The summed E-state index contributed by atoms with van der Waals surface area (Å²) in [5.74, 6) is 2.15. The van der Waals surface area contributed by atoms with E-state index in [0.717, 1.165) is 5.92 Å². The largest absolute Gasteiger partial charge is 0.397 e. The second kappa shape index (κ2) is 4.13. The van der Waals surface area contributed by atoms with Crippen molar-refractivity contribution in [3.8, 4) is 0 Å². The first kappa shape index (κ1) is 9.71. The predicted molar refractivity (Wildman–Crippen MR) is 63.3 cm³/mol. The molecule has 4 N–H and O–H groups in total. The van der Waals surface area contributed by atoms with Crippen LogP contribution in [0, 0.1) is 5.92 Å². The van der Waals surface area contributed by atoms with Crippen LogP contribution in [0.3, 0.4) is 0 Å². The summed E-state index contributed by atoms with van der Waals surface area (Å²) >= 11 is 1.89. The fraction of sp³-hybridized carbons (Fsp3) is 0.455. The molecule has 0 atom stereocenters. The van der Waals surface area contributed by atoms with Crippen LogP contribution in [0.4, 0.5) is 11.4 Å². The molecule has 1 aromatic rings. The van der Waals surface area contributed by atoms with Gasteiger partial charge in [0.25, 0.3) is 0 Å². The van der Waals surface area contributed by atoms with Crippen LogP contribution < -0.4 is 11.5 Å². The number of thioether (sulfide) groups is 1. The Kier molecular flexibility index (Phi) is 2.87. The molecule has 2 nitrogen and oxygen atoms in total. The van der Waals surface area contributed by atoms with Crippen molar-refractivity contribution in [2.75, 3.05) is 17.2 Å². The van der Waals surface area contributed by atoms with Crippen molar-refractivity contribution >= 4 is 23.1 Å². The highest BCUT2D eigenvalue weighted by Gasteiger charge is 2.17. The number of hydrogen-bond donors (Lipinski definition) is 2. The van der Waals surface area contributed by atoms with Gasteiger partial charge in [-0.3, -0.25) is 0 Å². The highest BCUT2D eigenvalue weighted by Crippen LogP contribution is 2.33. The molecular formula is C11H16N2S. The molecule has 1 aliphatic carbocycles. The second-order valence-electron chi connectivity index (χ2n) is 3.90. The van der Waals surface area contributed by atoms with Gasteiger partial charge in [0, 0.05) is 10.6 Å². The lowest BCUT2D eigenvalue weighted by Crippen LogP contribution is -2.13. The summed E-state index contributed by atoms with van der Waals surface area (Å²) in [6.07, 6.45) is 4.21. The molecule has 0 bridgehead atoms. The number of nitrogens with two attached hydrogens (primary N) is 2. The first-order valence-electron chi connectivity index (χ1n) is 5.03. The molecule has 1 saturated carbocycles. The van der Waals surface area contributed by atoms with E-state index in [2.05, 4.69) is 6.07 Å². The summed E-state index contributed by atoms with van der Waals surface area (Å²) in [6.45, 7) is 0. The van der Waals surface area contributed by atoms with Crippen molar-refractivity contribution in [1.29, 1.82) is 0 Å². The third-order valence-corrected chi connectivity index (χ3v) is 3.99. The van der Waals surface area contributed by atoms with E-state index in [4.69, 9.17) is 11.5 Å². The van der Waals surface area contributed by atoms with Crippen molar-refractivity contribution in [3.63, 3.8) is 0 Å². The first-order chi connectivity index (χ1) is 6.75. The van der Waals surface area contributed by atoms with Crippen molar-refractivity contribution < 1.29 is 0 Å². The lowest BCUT2D eigenvalue weighted by molar-refractivity contribution is 0.353. The van der Waals surface area contributed by atoms with E-state index in [1.54, 1.807) is 0 Å². The minimum atomic E-state index is 0.679. The Hall–Kier alpha value is -0.830. The van der Waals surface area contributed by atoms with Crippen LogP contribution in [0.5, 0.6) is 0 Å². The monoisotopic (exact) mass is 208 g/mol. The van der Waals surface area contributed by atoms with Crippen LogP contribution in [-0.4, -0.2) is 5.75 Å². The van der Waals surface area contributed by atoms with Gasteiger partial charge < -0.3 is 11.5 Å². The second-order valence-corrected chi connectivity index (χ2v) is 4.99. The molecule has 2 rings (SSSR count). The molecule has 1 fully saturated rings. The van der Waals surface area contributed by atoms with Gasteiger partial charge in [0.15, 0.2) is 0 Å². The molecule has 0 aliphatic heterocycles. The van der Waals surface area contributed by atoms with Gasteiger partial charge in [-0.15, -0.1) is 11.8 Å². The van der Waals surface area contributed by atoms with Crippen molar-refractivity contribution in [2.24, 2.45) is 5.92 Å². The minimum absolute atomic E-state index is 0.679. The normalized spacial score (nSPS) is 16.6. The summed E-state index contributed by atoms with van der Waals surface area (Å²) in [4.78, 5) is 1.24. The summed E-state index contributed by atoms with van der Waals surface area (Å²) in [7, 11) is 0. The van der Waals surface area contributed by atoms with E-state index in [9.17, 15) is 0 Å². The van der Waals surface area contributed by atoms with E-state index in [1.165, 1.54) is 29.9 Å². The summed E-state index contributed by atoms with van der Waals surface area (Å²) < 4.78 is 0. The predicted octanol–water partition coefficient (Wildman–Crippen LogP) is 2.74. The van der Waals surface area contributed by atoms with Gasteiger partial charge >= 0.3 is 0 Å². The average Bonchev–Trinajstić information content (AvgIpc) is 2.08. The van der Waals surface area contributed by atoms with Crippen LogP contribution >= 0.6 is 11.8 Å². The van der Waals surface area contributed by atoms with Crippen LogP contribution in [0.2, 0.25) is 0 Å². The Morgan fingerprint density at radius 3 is 2.57 bits per heavy atom. The zero-order chi connectivity index (χ0) is 9.97. The topological polar surface area (TPSA) is 52.0 Å². The molecule has 0 heterocycles. The first-order valence-corrected chi connectivity index (χ1v) is 6.02. The van der Waals surface area contributed by atoms with E-state index in [-0.39, 0.29) is 0 Å². The molecule has 0 spiro atoms. The third-order valence-electron chi connectivity index (χ3n) is 2.77. The van der Waals surface area contributed by atoms with Crippen LogP contribution in [0.25, 0.3) is 0 Å². The summed E-state index contributed by atoms with van der Waals surface area (Å²) in [5.41, 5.74) is 12.8. The van der Waals surface area contributed by atoms with Gasteiger partial charge in [0.1, 0.15) is 0 Å². The van der Waals surface area contributed by atoms with Crippen molar-refractivity contribution in [1.82, 2.24) is 0 Å². The van der Waals surface area contributed by atoms with Gasteiger partial charge in [-0.25, -0.2) is 0 Å². The Morgan fingerprint density at radius 1 is 1.21 bits per heavy atom. The van der Waals surface area contributed by atoms with Crippen LogP contribution in [0.1, 0.15) is 19.3 Å². The van der Waals surface area contributed by atoms with Crippen LogP contribution in [0.15, 0.2) is 23.1 Å². The van der Waals surface area contributed by atoms with E-state index >= 15 is 0 Å². The van der Waals surface area contributed by atoms with Gasteiger partial charge in [0.2, 0.25) is 0 Å². The Labute approximate surface area is 89.1 Å². The highest BCUT2D eigenvalue weighted by atomic mass is 32.2. The zero-order valence-electron chi connectivity index (χ0n) is 8.20. The smallest absolute Gasteiger partial charge is 0.0559 e. The maximum Gasteiger partial charge on any atom is 0.0559 e. The van der Waals surface area contributed by atoms with Gasteiger partial charge in [-0.1, -0.05) is 6.42 Å². The molecule has 3 heteroatoms. The number of rotatable bonds is 3. The van der Waals surface area contributed by atoms with E-state index < -0.39 is 0 Å². The SMILES string of the molecule is Nc1ccc(SCC2CCC2)cc1N. The molecule has 1 aliphatic rings. The Morgan fingerprint density at radius 2 is 2.00 bits per heavy atom. The van der Waals surface area contributed by atoms with Crippen molar-refractivity contribution in [3.05, 3.63) is 18.2 Å². The van der Waals surface area contributed by atoms with Gasteiger partial charge in [-0.2, -0.15) is 0 Å². The van der Waals surface area contributed by atoms with E-state index in [0.29, 0.717) is 11.4 Å². The maximum atomic E-state index is 5.74. The molecular weight excluding hydrogens is 192 g/mol. The summed E-state index contributed by atoms with van der Waals surface area (Å²) in [5, 5.41) is 0. The zero-order valence-corrected chi connectivity index (χ0v) is 9.02. The number of anilines is 2. The lowest BCUT2D eigenvalue weighted by Gasteiger charge is -2.24. The standard InChI is InChI=1S/C11H16N2S/c12-10-5-4-9(6-11(10)13)14-7-8-2-1-3-8/h4-6,8H,1-3,7,12-13H2. The minimum Gasteiger partial charge on any atom is -0.397 e. The third kappa shape index (κ3) is 2.15. The van der Waals surface area contributed by atoms with Crippen LogP contribution in [-0.2, 0) is 0 Å². The molecule has 0 saturated heterocycles. The summed E-state index contributed by atoms with van der Waals surface area (Å²) in [6, 6.07) is 5.91. The number of benzene rings is 1. The van der Waals surface area contributed by atoms with Gasteiger partial charge in [0.05, 0.1) is 11.4 Å². The number of hydrogen-bond acceptors (Lipinski definition) is 3. The molecule has 0 aromatic heterocycles. The lowest BCUT2D eigenvalue weighted by atomic mass is 9.87. The molecule has 1 aromatic carbocycles. The number of nitrogen functional groups attached to an aromatic ring is 2. The van der Waals surface area contributed by atoms with Crippen molar-refractivity contribution in [2.45, 2.75) is 24.2 Å². The Balaban J connectivity index is 1.91. The quantitative estimate of drug-likeness (QED) is 0.593. The average molecular weight is 208 g/mol. The molecule has 0 amide bonds. The Bertz CT molecular complexity index is 321. The van der Waals surface area contributed by atoms with Gasteiger partial charge in [-0.05, 0) is 37.0 Å². The van der Waals surface area contributed by atoms with E-state index in [1.807, 2.05) is 23.9 Å². The highest BCUT2D eigenvalue weighted by molar-refractivity contribution is 7.99. The molecule has 76 valence electrons. The molecule has 14 heavy (non-hydrogen) atoms.